The molecule has 3 rings (SSSR count). The van der Waals surface area contributed by atoms with Gasteiger partial charge in [0.25, 0.3) is 0 Å². The van der Waals surface area contributed by atoms with Gasteiger partial charge in [-0.2, -0.15) is 5.06 Å². The van der Waals surface area contributed by atoms with Gasteiger partial charge >= 0.3 is 11.9 Å². The zero-order chi connectivity index (χ0) is 27.4. The number of carbonyl (C=O) groups excluding carboxylic acids is 2. The van der Waals surface area contributed by atoms with Crippen LogP contribution in [0.3, 0.4) is 0 Å². The van der Waals surface area contributed by atoms with E-state index in [0.717, 1.165) is 24.0 Å². The topological polar surface area (TPSA) is 65.1 Å². The summed E-state index contributed by atoms with van der Waals surface area (Å²) < 4.78 is 11.4. The molecule has 6 nitrogen and oxygen atoms in total. The highest BCUT2D eigenvalue weighted by atomic mass is 16.7. The number of nitrogens with zero attached hydrogens (tertiary/aromatic N) is 1. The number of piperidine rings is 1. The minimum atomic E-state index is -0.345. The number of benzene rings is 2. The molecule has 1 saturated heterocycles. The predicted octanol–water partition coefficient (Wildman–Crippen LogP) is 7.21. The normalized spacial score (nSPS) is 27.8. The maximum atomic E-state index is 12.9. The summed E-state index contributed by atoms with van der Waals surface area (Å²) in [5.41, 5.74) is 1.89. The zero-order valence-electron chi connectivity index (χ0n) is 23.6. The lowest BCUT2D eigenvalue weighted by molar-refractivity contribution is -0.335. The molecule has 0 spiro atoms. The lowest BCUT2D eigenvalue weighted by atomic mass is 9.69. The van der Waals surface area contributed by atoms with Crippen LogP contribution in [0.1, 0.15) is 108 Å². The monoisotopic (exact) mass is 509 g/mol. The maximum Gasteiger partial charge on any atom is 0.338 e. The van der Waals surface area contributed by atoms with Crippen LogP contribution >= 0.6 is 0 Å². The third-order valence-electron chi connectivity index (χ3n) is 8.36. The first-order valence-electron chi connectivity index (χ1n) is 13.4. The largest absolute Gasteiger partial charge is 0.458 e. The van der Waals surface area contributed by atoms with Crippen LogP contribution in [0.2, 0.25) is 0 Å². The summed E-state index contributed by atoms with van der Waals surface area (Å²) in [6, 6.07) is 17.2. The molecule has 202 valence electrons. The fourth-order valence-corrected chi connectivity index (χ4v) is 5.39. The van der Waals surface area contributed by atoms with Gasteiger partial charge < -0.3 is 9.47 Å². The van der Waals surface area contributed by atoms with Crippen molar-refractivity contribution in [2.75, 3.05) is 0 Å². The highest BCUT2D eigenvalue weighted by Crippen LogP contribution is 2.48. The Hall–Kier alpha value is -2.70. The van der Waals surface area contributed by atoms with E-state index in [-0.39, 0.29) is 47.2 Å². The number of hydrogen-bond donors (Lipinski definition) is 0. The Morgan fingerprint density at radius 3 is 2.03 bits per heavy atom. The first kappa shape index (κ1) is 28.9. The van der Waals surface area contributed by atoms with Crippen molar-refractivity contribution in [3.8, 4) is 0 Å². The van der Waals surface area contributed by atoms with Crippen molar-refractivity contribution in [3.63, 3.8) is 0 Å². The number of hydrogen-bond acceptors (Lipinski definition) is 6. The molecule has 6 heteroatoms. The SMILES string of the molecule is CCC1(C)CC(OC(=O)c2ccccc2)C(C)C(C)(CC)N1OC(C)c1ccc(C(C)OC(C)=O)cc1. The molecular formula is C31H43NO5. The van der Waals surface area contributed by atoms with Crippen LogP contribution in [0.25, 0.3) is 0 Å². The summed E-state index contributed by atoms with van der Waals surface area (Å²) in [5.74, 6) is -0.512. The minimum Gasteiger partial charge on any atom is -0.458 e. The van der Waals surface area contributed by atoms with E-state index < -0.39 is 0 Å². The van der Waals surface area contributed by atoms with Gasteiger partial charge in [-0.05, 0) is 63.8 Å². The molecule has 37 heavy (non-hydrogen) atoms. The van der Waals surface area contributed by atoms with Crippen LogP contribution in [0.5, 0.6) is 0 Å². The Balaban J connectivity index is 1.81. The molecule has 0 N–H and O–H groups in total. The third-order valence-corrected chi connectivity index (χ3v) is 8.36. The number of ether oxygens (including phenoxy) is 2. The van der Waals surface area contributed by atoms with Crippen molar-refractivity contribution < 1.29 is 23.9 Å². The fraction of sp³-hybridized carbons (Fsp3) is 0.548. The molecule has 0 radical (unpaired) electrons. The number of carbonyl (C=O) groups is 2. The maximum absolute atomic E-state index is 12.9. The van der Waals surface area contributed by atoms with Gasteiger partial charge in [-0.25, -0.2) is 4.79 Å². The van der Waals surface area contributed by atoms with Crippen LogP contribution in [0.4, 0.5) is 0 Å². The van der Waals surface area contributed by atoms with Gasteiger partial charge in [0.1, 0.15) is 18.3 Å². The quantitative estimate of drug-likeness (QED) is 0.333. The average Bonchev–Trinajstić information content (AvgIpc) is 2.89. The first-order valence-corrected chi connectivity index (χ1v) is 13.4. The van der Waals surface area contributed by atoms with Gasteiger partial charge in [-0.3, -0.25) is 9.63 Å². The van der Waals surface area contributed by atoms with Crippen molar-refractivity contribution in [2.45, 2.75) is 104 Å². The van der Waals surface area contributed by atoms with Gasteiger partial charge in [0.05, 0.1) is 5.56 Å². The average molecular weight is 510 g/mol. The molecule has 1 fully saturated rings. The molecule has 0 amide bonds. The Kier molecular flexibility index (Phi) is 9.19. The molecule has 2 aromatic rings. The van der Waals surface area contributed by atoms with E-state index in [2.05, 4.69) is 46.6 Å². The second-order valence-corrected chi connectivity index (χ2v) is 10.8. The first-order chi connectivity index (χ1) is 17.4. The predicted molar refractivity (Wildman–Crippen MR) is 145 cm³/mol. The summed E-state index contributed by atoms with van der Waals surface area (Å²) in [6.07, 6.45) is 1.66. The standard InChI is InChI=1S/C31H43NO5/c1-9-30(7)20-28(36-29(34)27-14-12-11-13-15-27)21(3)31(8,10-2)32(30)37-23(5)26-18-16-25(17-19-26)22(4)35-24(6)33/h11-19,21-23,28H,9-10,20H2,1-8H3. The van der Waals surface area contributed by atoms with E-state index in [1.54, 1.807) is 12.1 Å². The zero-order valence-corrected chi connectivity index (χ0v) is 23.6. The molecule has 1 aliphatic heterocycles. The van der Waals surface area contributed by atoms with Crippen LogP contribution in [-0.2, 0) is 19.1 Å². The highest BCUT2D eigenvalue weighted by molar-refractivity contribution is 5.89. The second kappa shape index (κ2) is 11.8. The smallest absolute Gasteiger partial charge is 0.338 e. The van der Waals surface area contributed by atoms with E-state index in [0.29, 0.717) is 12.0 Å². The minimum absolute atomic E-state index is 0.0592. The van der Waals surface area contributed by atoms with Gasteiger partial charge in [0.2, 0.25) is 0 Å². The summed E-state index contributed by atoms with van der Waals surface area (Å²) in [4.78, 5) is 31.0. The van der Waals surface area contributed by atoms with Crippen molar-refractivity contribution in [1.82, 2.24) is 5.06 Å². The van der Waals surface area contributed by atoms with E-state index >= 15 is 0 Å². The summed E-state index contributed by atoms with van der Waals surface area (Å²) in [7, 11) is 0. The van der Waals surface area contributed by atoms with Crippen molar-refractivity contribution in [3.05, 3.63) is 71.3 Å². The van der Waals surface area contributed by atoms with Gasteiger partial charge in [0.15, 0.2) is 0 Å². The summed E-state index contributed by atoms with van der Waals surface area (Å²) in [5, 5.41) is 2.19. The molecule has 0 saturated carbocycles. The van der Waals surface area contributed by atoms with Crippen LogP contribution in [0.15, 0.2) is 54.6 Å². The van der Waals surface area contributed by atoms with Gasteiger partial charge in [0, 0.05) is 30.3 Å². The molecule has 1 heterocycles. The molecule has 2 aromatic carbocycles. The summed E-state index contributed by atoms with van der Waals surface area (Å²) >= 11 is 0. The molecule has 0 aromatic heterocycles. The van der Waals surface area contributed by atoms with Crippen LogP contribution < -0.4 is 0 Å². The Morgan fingerprint density at radius 1 is 0.946 bits per heavy atom. The number of hydroxylamine groups is 2. The molecular weight excluding hydrogens is 466 g/mol. The molecule has 6 unspecified atom stereocenters. The van der Waals surface area contributed by atoms with Gasteiger partial charge in [-0.15, -0.1) is 0 Å². The van der Waals surface area contributed by atoms with Crippen molar-refractivity contribution in [2.24, 2.45) is 5.92 Å². The lowest BCUT2D eigenvalue weighted by Gasteiger charge is -2.59. The second-order valence-electron chi connectivity index (χ2n) is 10.8. The summed E-state index contributed by atoms with van der Waals surface area (Å²) in [6.45, 7) is 16.2. The van der Waals surface area contributed by atoms with E-state index in [9.17, 15) is 9.59 Å². The third kappa shape index (κ3) is 6.24. The van der Waals surface area contributed by atoms with Crippen molar-refractivity contribution >= 4 is 11.9 Å². The molecule has 6 atom stereocenters. The van der Waals surface area contributed by atoms with E-state index in [1.165, 1.54) is 6.92 Å². The van der Waals surface area contributed by atoms with Gasteiger partial charge in [-0.1, -0.05) is 63.2 Å². The lowest BCUT2D eigenvalue weighted by Crippen LogP contribution is -2.68. The van der Waals surface area contributed by atoms with Crippen LogP contribution in [-0.4, -0.2) is 34.2 Å². The Bertz CT molecular complexity index is 1060. The molecule has 1 aliphatic rings. The Labute approximate surface area is 222 Å². The van der Waals surface area contributed by atoms with E-state index in [1.807, 2.05) is 49.4 Å². The van der Waals surface area contributed by atoms with Crippen molar-refractivity contribution in [1.29, 1.82) is 0 Å². The number of rotatable bonds is 9. The van der Waals surface area contributed by atoms with Crippen LogP contribution in [0, 0.1) is 5.92 Å². The Morgan fingerprint density at radius 2 is 1.51 bits per heavy atom. The fourth-order valence-electron chi connectivity index (χ4n) is 5.39. The number of esters is 2. The molecule has 0 aliphatic carbocycles. The molecule has 0 bridgehead atoms. The van der Waals surface area contributed by atoms with E-state index in [4.69, 9.17) is 14.3 Å². The highest BCUT2D eigenvalue weighted by Gasteiger charge is 2.55.